The summed E-state index contributed by atoms with van der Waals surface area (Å²) < 4.78 is 12.2. The van der Waals surface area contributed by atoms with Crippen molar-refractivity contribution >= 4 is 23.1 Å². The van der Waals surface area contributed by atoms with Gasteiger partial charge in [-0.2, -0.15) is 0 Å². The molecule has 4 atom stereocenters. The molecule has 3 aromatic rings. The average molecular weight is 550 g/mol. The molecule has 0 aliphatic heterocycles. The van der Waals surface area contributed by atoms with Crippen molar-refractivity contribution in [2.24, 2.45) is 0 Å². The van der Waals surface area contributed by atoms with Gasteiger partial charge in [0, 0.05) is 18.5 Å². The summed E-state index contributed by atoms with van der Waals surface area (Å²) in [5.41, 5.74) is 6.02. The molecule has 6 nitrogen and oxygen atoms in total. The van der Waals surface area contributed by atoms with E-state index in [1.807, 2.05) is 55.5 Å². The van der Waals surface area contributed by atoms with Crippen LogP contribution < -0.4 is 10.1 Å². The van der Waals surface area contributed by atoms with Gasteiger partial charge in [0.2, 0.25) is 5.91 Å². The van der Waals surface area contributed by atoms with E-state index in [0.717, 1.165) is 33.4 Å². The normalized spacial score (nSPS) is 20.8. The van der Waals surface area contributed by atoms with Crippen LogP contribution in [0.2, 0.25) is 5.02 Å². The Kier molecular flexibility index (Phi) is 9.81. The summed E-state index contributed by atoms with van der Waals surface area (Å²) in [6.45, 7) is 8.38. The van der Waals surface area contributed by atoms with Gasteiger partial charge in [-0.25, -0.2) is 0 Å². The van der Waals surface area contributed by atoms with Crippen molar-refractivity contribution in [2.75, 3.05) is 6.54 Å². The third-order valence-electron chi connectivity index (χ3n) is 7.03. The van der Waals surface area contributed by atoms with Crippen LogP contribution >= 0.6 is 11.6 Å². The van der Waals surface area contributed by atoms with Gasteiger partial charge in [0.1, 0.15) is 24.1 Å². The number of rotatable bonds is 10. The fraction of sp³-hybridized carbons (Fsp3) is 0.344. The maximum Gasteiger partial charge on any atom is 0.216 e. The van der Waals surface area contributed by atoms with E-state index in [-0.39, 0.29) is 5.91 Å². The van der Waals surface area contributed by atoms with Gasteiger partial charge in [0.05, 0.1) is 12.7 Å². The highest BCUT2D eigenvalue weighted by atomic mass is 35.5. The maximum atomic E-state index is 11.4. The number of halogens is 1. The number of hydrogen-bond acceptors (Lipinski definition) is 5. The van der Waals surface area contributed by atoms with E-state index in [0.29, 0.717) is 43.2 Å². The highest BCUT2D eigenvalue weighted by Crippen LogP contribution is 2.33. The smallest absolute Gasteiger partial charge is 0.216 e. The molecule has 0 heterocycles. The molecule has 0 saturated heterocycles. The van der Waals surface area contributed by atoms with Gasteiger partial charge in [-0.05, 0) is 84.3 Å². The second-order valence-electron chi connectivity index (χ2n) is 10.1. The summed E-state index contributed by atoms with van der Waals surface area (Å²) in [4.78, 5) is 11.4. The van der Waals surface area contributed by atoms with E-state index < -0.39 is 24.4 Å². The fourth-order valence-electron chi connectivity index (χ4n) is 4.82. The van der Waals surface area contributed by atoms with Crippen LogP contribution in [0.3, 0.4) is 0 Å². The Morgan fingerprint density at radius 2 is 1.72 bits per heavy atom. The summed E-state index contributed by atoms with van der Waals surface area (Å²) in [6, 6.07) is 21.3. The van der Waals surface area contributed by atoms with Crippen molar-refractivity contribution in [1.82, 2.24) is 5.32 Å². The molecule has 0 spiro atoms. The standard InChI is InChI=1S/C32H36ClNO5/c1-20(2)24-5-4-6-25(17-24)28-18-27(12-9-23(28)15-16-34-21(3)35)39-30-14-13-29(31(36)32(30)37)38-19-22-7-10-26(33)11-8-22/h4-12,17-18,29-32,36-37H,1,13-16,19H2,2-3H3,(H,34,35). The largest absolute Gasteiger partial charge is 0.488 e. The van der Waals surface area contributed by atoms with Gasteiger partial charge in [0.15, 0.2) is 0 Å². The average Bonchev–Trinajstić information content (AvgIpc) is 2.92. The summed E-state index contributed by atoms with van der Waals surface area (Å²) in [5.74, 6) is 0.534. The first-order chi connectivity index (χ1) is 18.7. The monoisotopic (exact) mass is 549 g/mol. The molecule has 1 saturated carbocycles. The Labute approximate surface area is 235 Å². The minimum absolute atomic E-state index is 0.0684. The number of benzene rings is 3. The van der Waals surface area contributed by atoms with E-state index in [2.05, 4.69) is 18.0 Å². The second-order valence-corrected chi connectivity index (χ2v) is 10.5. The summed E-state index contributed by atoms with van der Waals surface area (Å²) in [7, 11) is 0. The molecule has 3 N–H and O–H groups in total. The molecule has 39 heavy (non-hydrogen) atoms. The Balaban J connectivity index is 1.47. The molecule has 1 aliphatic rings. The van der Waals surface area contributed by atoms with Crippen molar-refractivity contribution in [1.29, 1.82) is 0 Å². The minimum Gasteiger partial charge on any atom is -0.488 e. The zero-order valence-electron chi connectivity index (χ0n) is 22.4. The third kappa shape index (κ3) is 7.70. The molecule has 206 valence electrons. The van der Waals surface area contributed by atoms with E-state index in [4.69, 9.17) is 21.1 Å². The quantitative estimate of drug-likeness (QED) is 0.308. The molecule has 0 bridgehead atoms. The van der Waals surface area contributed by atoms with Crippen LogP contribution in [0, 0.1) is 0 Å². The molecule has 1 amide bonds. The van der Waals surface area contributed by atoms with Gasteiger partial charge in [-0.1, -0.05) is 60.2 Å². The SMILES string of the molecule is C=C(C)c1cccc(-c2cc(OC3CCC(OCc4ccc(Cl)cc4)C(O)C3O)ccc2CCNC(C)=O)c1. The lowest BCUT2D eigenvalue weighted by atomic mass is 9.89. The Morgan fingerprint density at radius 3 is 2.44 bits per heavy atom. The van der Waals surface area contributed by atoms with Gasteiger partial charge in [-0.3, -0.25) is 4.79 Å². The lowest BCUT2D eigenvalue weighted by Gasteiger charge is -2.37. The fourth-order valence-corrected chi connectivity index (χ4v) is 4.95. The first-order valence-corrected chi connectivity index (χ1v) is 13.6. The maximum absolute atomic E-state index is 11.4. The van der Waals surface area contributed by atoms with Crippen molar-refractivity contribution < 1.29 is 24.5 Å². The van der Waals surface area contributed by atoms with Crippen LogP contribution in [0.1, 0.15) is 43.4 Å². The van der Waals surface area contributed by atoms with Crippen LogP contribution in [-0.4, -0.2) is 47.1 Å². The van der Waals surface area contributed by atoms with E-state index in [1.165, 1.54) is 6.92 Å². The van der Waals surface area contributed by atoms with Gasteiger partial charge < -0.3 is 25.0 Å². The Morgan fingerprint density at radius 1 is 1.00 bits per heavy atom. The van der Waals surface area contributed by atoms with Crippen LogP contribution in [0.5, 0.6) is 5.75 Å². The van der Waals surface area contributed by atoms with Crippen LogP contribution in [-0.2, 0) is 22.6 Å². The molecular formula is C32H36ClNO5. The molecule has 3 aromatic carbocycles. The van der Waals surface area contributed by atoms with Crippen LogP contribution in [0.25, 0.3) is 16.7 Å². The van der Waals surface area contributed by atoms with Gasteiger partial charge >= 0.3 is 0 Å². The van der Waals surface area contributed by atoms with E-state index in [9.17, 15) is 15.0 Å². The number of carbonyl (C=O) groups excluding carboxylic acids is 1. The molecule has 4 rings (SSSR count). The van der Waals surface area contributed by atoms with Crippen molar-refractivity contribution in [3.05, 3.63) is 95.0 Å². The number of aliphatic hydroxyl groups excluding tert-OH is 2. The first kappa shape index (κ1) is 28.8. The number of aliphatic hydroxyl groups is 2. The van der Waals surface area contributed by atoms with Gasteiger partial charge in [0.25, 0.3) is 0 Å². The Hall–Kier alpha value is -3.16. The lowest BCUT2D eigenvalue weighted by molar-refractivity contribution is -0.150. The summed E-state index contributed by atoms with van der Waals surface area (Å²) >= 11 is 5.95. The summed E-state index contributed by atoms with van der Waals surface area (Å²) in [6.07, 6.45) is -1.48. The highest BCUT2D eigenvalue weighted by Gasteiger charge is 2.39. The molecule has 1 fully saturated rings. The van der Waals surface area contributed by atoms with Crippen LogP contribution in [0.15, 0.2) is 73.3 Å². The zero-order valence-corrected chi connectivity index (χ0v) is 23.2. The minimum atomic E-state index is -1.09. The number of allylic oxidation sites excluding steroid dienone is 1. The van der Waals surface area contributed by atoms with E-state index in [1.54, 1.807) is 12.1 Å². The molecule has 0 radical (unpaired) electrons. The first-order valence-electron chi connectivity index (χ1n) is 13.2. The predicted octanol–water partition coefficient (Wildman–Crippen LogP) is 5.57. The van der Waals surface area contributed by atoms with Crippen molar-refractivity contribution in [3.63, 3.8) is 0 Å². The molecular weight excluding hydrogens is 514 g/mol. The van der Waals surface area contributed by atoms with Crippen molar-refractivity contribution in [2.45, 2.75) is 64.1 Å². The number of ether oxygens (including phenoxy) is 2. The number of hydrogen-bond donors (Lipinski definition) is 3. The topological polar surface area (TPSA) is 88.0 Å². The Bertz CT molecular complexity index is 1290. The predicted molar refractivity (Wildman–Crippen MR) is 155 cm³/mol. The number of nitrogens with one attached hydrogen (secondary N) is 1. The highest BCUT2D eigenvalue weighted by molar-refractivity contribution is 6.30. The van der Waals surface area contributed by atoms with Crippen molar-refractivity contribution in [3.8, 4) is 16.9 Å². The van der Waals surface area contributed by atoms with Gasteiger partial charge in [-0.15, -0.1) is 0 Å². The zero-order chi connectivity index (χ0) is 27.9. The summed E-state index contributed by atoms with van der Waals surface area (Å²) in [5, 5.41) is 25.2. The molecule has 0 aromatic heterocycles. The number of amides is 1. The molecule has 1 aliphatic carbocycles. The van der Waals surface area contributed by atoms with Crippen LogP contribution in [0.4, 0.5) is 0 Å². The lowest BCUT2D eigenvalue weighted by Crippen LogP contribution is -2.52. The van der Waals surface area contributed by atoms with E-state index >= 15 is 0 Å². The molecule has 4 unspecified atom stereocenters. The second kappa shape index (κ2) is 13.3. The number of carbonyl (C=O) groups is 1. The third-order valence-corrected chi connectivity index (χ3v) is 7.28. The molecule has 7 heteroatoms.